The summed E-state index contributed by atoms with van der Waals surface area (Å²) in [6.07, 6.45) is 1.38. The highest BCUT2D eigenvalue weighted by Crippen LogP contribution is 2.23. The molecule has 2 N–H and O–H groups in total. The molecule has 0 fully saturated rings. The van der Waals surface area contributed by atoms with Crippen molar-refractivity contribution in [1.82, 2.24) is 0 Å². The predicted octanol–water partition coefficient (Wildman–Crippen LogP) is 1.26. The molecule has 1 atom stereocenters. The zero-order chi connectivity index (χ0) is 9.07. The van der Waals surface area contributed by atoms with Crippen molar-refractivity contribution in [2.75, 3.05) is 0 Å². The van der Waals surface area contributed by atoms with Gasteiger partial charge in [-0.05, 0) is 25.7 Å². The summed E-state index contributed by atoms with van der Waals surface area (Å²) in [5.41, 5.74) is -1.57. The first-order chi connectivity index (χ1) is 4.96. The van der Waals surface area contributed by atoms with E-state index in [0.29, 0.717) is 12.8 Å². The second kappa shape index (κ2) is 3.72. The first-order valence-electron chi connectivity index (χ1n) is 3.92. The molecule has 0 aromatic rings. The maximum absolute atomic E-state index is 10.5. The fraction of sp³-hybridized carbons (Fsp3) is 0.875. The van der Waals surface area contributed by atoms with Gasteiger partial charge < -0.3 is 10.2 Å². The lowest BCUT2D eigenvalue weighted by molar-refractivity contribution is -0.162. The Kier molecular flexibility index (Phi) is 3.52. The molecule has 0 amide bonds. The summed E-state index contributed by atoms with van der Waals surface area (Å²) in [7, 11) is 0. The number of aliphatic carboxylic acids is 1. The van der Waals surface area contributed by atoms with Crippen LogP contribution in [-0.4, -0.2) is 21.8 Å². The van der Waals surface area contributed by atoms with Crippen molar-refractivity contribution in [2.45, 2.75) is 39.2 Å². The Morgan fingerprint density at radius 2 is 1.82 bits per heavy atom. The normalized spacial score (nSPS) is 16.5. The molecule has 0 radical (unpaired) electrons. The third kappa shape index (κ3) is 2.19. The van der Waals surface area contributed by atoms with Crippen molar-refractivity contribution in [1.29, 1.82) is 0 Å². The zero-order valence-corrected chi connectivity index (χ0v) is 7.29. The first-order valence-corrected chi connectivity index (χ1v) is 3.92. The largest absolute Gasteiger partial charge is 0.479 e. The van der Waals surface area contributed by atoms with Crippen molar-refractivity contribution in [3.8, 4) is 0 Å². The van der Waals surface area contributed by atoms with E-state index in [9.17, 15) is 9.90 Å². The van der Waals surface area contributed by atoms with Crippen LogP contribution in [0.2, 0.25) is 0 Å². The number of hydrogen-bond donors (Lipinski definition) is 2. The molecule has 0 saturated carbocycles. The fourth-order valence-electron chi connectivity index (χ4n) is 1.26. The molecule has 0 saturated heterocycles. The lowest BCUT2D eigenvalue weighted by Gasteiger charge is -2.26. The molecule has 66 valence electrons. The number of rotatable bonds is 4. The Bertz CT molecular complexity index is 136. The number of hydrogen-bond acceptors (Lipinski definition) is 2. The second-order valence-corrected chi connectivity index (χ2v) is 2.97. The molecule has 0 heterocycles. The molecule has 0 aliphatic heterocycles. The third-order valence-electron chi connectivity index (χ3n) is 2.21. The summed E-state index contributed by atoms with van der Waals surface area (Å²) in [6.45, 7) is 5.12. The topological polar surface area (TPSA) is 57.5 Å². The Labute approximate surface area is 67.0 Å². The minimum atomic E-state index is -1.57. The van der Waals surface area contributed by atoms with Crippen LogP contribution in [0.25, 0.3) is 0 Å². The summed E-state index contributed by atoms with van der Waals surface area (Å²) in [5.74, 6) is -1.29. The highest BCUT2D eigenvalue weighted by molar-refractivity contribution is 5.76. The van der Waals surface area contributed by atoms with Gasteiger partial charge in [-0.15, -0.1) is 0 Å². The molecule has 0 aliphatic carbocycles. The van der Waals surface area contributed by atoms with E-state index in [1.54, 1.807) is 0 Å². The van der Waals surface area contributed by atoms with E-state index in [0.717, 1.165) is 0 Å². The van der Waals surface area contributed by atoms with Gasteiger partial charge >= 0.3 is 5.97 Å². The van der Waals surface area contributed by atoms with E-state index in [1.807, 2.05) is 13.8 Å². The lowest BCUT2D eigenvalue weighted by Crippen LogP contribution is -2.42. The van der Waals surface area contributed by atoms with Gasteiger partial charge in [-0.25, -0.2) is 4.79 Å². The maximum Gasteiger partial charge on any atom is 0.335 e. The average molecular weight is 160 g/mol. The highest BCUT2D eigenvalue weighted by Gasteiger charge is 2.36. The molecule has 0 aromatic heterocycles. The van der Waals surface area contributed by atoms with Crippen LogP contribution < -0.4 is 0 Å². The number of carboxylic acid groups (broad SMARTS) is 1. The van der Waals surface area contributed by atoms with E-state index in [1.165, 1.54) is 6.92 Å². The van der Waals surface area contributed by atoms with Crippen LogP contribution in [0.5, 0.6) is 0 Å². The van der Waals surface area contributed by atoms with Gasteiger partial charge in [0, 0.05) is 0 Å². The molecule has 11 heavy (non-hydrogen) atoms. The summed E-state index contributed by atoms with van der Waals surface area (Å²) >= 11 is 0. The van der Waals surface area contributed by atoms with Gasteiger partial charge in [0.1, 0.15) is 0 Å². The third-order valence-corrected chi connectivity index (χ3v) is 2.21. The lowest BCUT2D eigenvalue weighted by atomic mass is 9.85. The Morgan fingerprint density at radius 1 is 1.45 bits per heavy atom. The van der Waals surface area contributed by atoms with E-state index in [4.69, 9.17) is 5.11 Å². The second-order valence-electron chi connectivity index (χ2n) is 2.97. The summed E-state index contributed by atoms with van der Waals surface area (Å²) in [6, 6.07) is 0. The fourth-order valence-corrected chi connectivity index (χ4v) is 1.26. The van der Waals surface area contributed by atoms with Crippen LogP contribution in [0.4, 0.5) is 0 Å². The summed E-state index contributed by atoms with van der Waals surface area (Å²) < 4.78 is 0. The van der Waals surface area contributed by atoms with E-state index in [-0.39, 0.29) is 5.92 Å². The van der Waals surface area contributed by atoms with E-state index < -0.39 is 11.6 Å². The van der Waals surface area contributed by atoms with E-state index in [2.05, 4.69) is 0 Å². The molecule has 0 aliphatic rings. The molecule has 0 aromatic carbocycles. The van der Waals surface area contributed by atoms with Crippen molar-refractivity contribution in [3.63, 3.8) is 0 Å². The molecule has 0 rings (SSSR count). The van der Waals surface area contributed by atoms with Gasteiger partial charge in [-0.2, -0.15) is 0 Å². The molecular formula is C8H16O3. The Morgan fingerprint density at radius 3 is 1.91 bits per heavy atom. The van der Waals surface area contributed by atoms with Crippen LogP contribution in [0.3, 0.4) is 0 Å². The van der Waals surface area contributed by atoms with Gasteiger partial charge in [0.2, 0.25) is 0 Å². The van der Waals surface area contributed by atoms with Crippen LogP contribution in [-0.2, 0) is 4.79 Å². The van der Waals surface area contributed by atoms with Crippen LogP contribution in [0, 0.1) is 5.92 Å². The number of carboxylic acids is 1. The van der Waals surface area contributed by atoms with E-state index >= 15 is 0 Å². The van der Waals surface area contributed by atoms with Gasteiger partial charge in [0.15, 0.2) is 5.60 Å². The summed E-state index contributed by atoms with van der Waals surface area (Å²) in [4.78, 5) is 10.5. The van der Waals surface area contributed by atoms with Crippen molar-refractivity contribution in [2.24, 2.45) is 5.92 Å². The van der Waals surface area contributed by atoms with Crippen LogP contribution in [0.15, 0.2) is 0 Å². The zero-order valence-electron chi connectivity index (χ0n) is 7.29. The predicted molar refractivity (Wildman–Crippen MR) is 42.3 cm³/mol. The number of carbonyl (C=O) groups is 1. The van der Waals surface area contributed by atoms with Crippen molar-refractivity contribution in [3.05, 3.63) is 0 Å². The average Bonchev–Trinajstić information content (AvgIpc) is 1.89. The minimum absolute atomic E-state index is 0.153. The SMILES string of the molecule is CCC(CC)C(C)(O)C(=O)O. The van der Waals surface area contributed by atoms with Crippen molar-refractivity contribution < 1.29 is 15.0 Å². The van der Waals surface area contributed by atoms with Gasteiger partial charge in [0.25, 0.3) is 0 Å². The molecule has 0 spiro atoms. The molecule has 3 nitrogen and oxygen atoms in total. The minimum Gasteiger partial charge on any atom is -0.479 e. The highest BCUT2D eigenvalue weighted by atomic mass is 16.4. The quantitative estimate of drug-likeness (QED) is 0.651. The molecule has 3 heteroatoms. The molecule has 0 bridgehead atoms. The first kappa shape index (κ1) is 10.4. The van der Waals surface area contributed by atoms with Crippen LogP contribution >= 0.6 is 0 Å². The maximum atomic E-state index is 10.5. The standard InChI is InChI=1S/C8H16O3/c1-4-6(5-2)8(3,11)7(9)10/h6,11H,4-5H2,1-3H3,(H,9,10). The van der Waals surface area contributed by atoms with Crippen molar-refractivity contribution >= 4 is 5.97 Å². The smallest absolute Gasteiger partial charge is 0.335 e. The summed E-state index contributed by atoms with van der Waals surface area (Å²) in [5, 5.41) is 18.1. The Hall–Kier alpha value is -0.570. The van der Waals surface area contributed by atoms with Gasteiger partial charge in [-0.1, -0.05) is 13.8 Å². The van der Waals surface area contributed by atoms with Crippen LogP contribution in [0.1, 0.15) is 33.6 Å². The monoisotopic (exact) mass is 160 g/mol. The molecular weight excluding hydrogens is 144 g/mol. The van der Waals surface area contributed by atoms with Gasteiger partial charge in [0.05, 0.1) is 0 Å². The molecule has 1 unspecified atom stereocenters. The Balaban J connectivity index is 4.36. The van der Waals surface area contributed by atoms with Gasteiger partial charge in [-0.3, -0.25) is 0 Å². The number of aliphatic hydroxyl groups is 1.